The molecule has 3 aromatic rings. The minimum absolute atomic E-state index is 0.150. The van der Waals surface area contributed by atoms with Gasteiger partial charge in [-0.3, -0.25) is 4.79 Å². The Labute approximate surface area is 128 Å². The van der Waals surface area contributed by atoms with E-state index in [9.17, 15) is 4.79 Å². The van der Waals surface area contributed by atoms with E-state index in [1.165, 1.54) is 5.56 Å². The molecule has 0 aliphatic carbocycles. The molecule has 0 unspecified atom stereocenters. The van der Waals surface area contributed by atoms with E-state index in [0.29, 0.717) is 11.8 Å². The second-order valence-corrected chi connectivity index (χ2v) is 5.22. The van der Waals surface area contributed by atoms with E-state index in [-0.39, 0.29) is 5.56 Å². The Balaban J connectivity index is 2.04. The van der Waals surface area contributed by atoms with E-state index >= 15 is 0 Å². The molecule has 0 bridgehead atoms. The first-order valence-corrected chi connectivity index (χ1v) is 7.35. The summed E-state index contributed by atoms with van der Waals surface area (Å²) >= 11 is 0. The number of H-pyrrole nitrogens is 1. The van der Waals surface area contributed by atoms with Gasteiger partial charge in [-0.1, -0.05) is 37.3 Å². The summed E-state index contributed by atoms with van der Waals surface area (Å²) in [5, 5.41) is 8.40. The van der Waals surface area contributed by atoms with Crippen molar-refractivity contribution >= 4 is 10.8 Å². The van der Waals surface area contributed by atoms with Crippen LogP contribution in [-0.4, -0.2) is 17.3 Å². The summed E-state index contributed by atoms with van der Waals surface area (Å²) in [6.07, 6.45) is 1.59. The molecule has 1 aromatic heterocycles. The monoisotopic (exact) mass is 294 g/mol. The van der Waals surface area contributed by atoms with Gasteiger partial charge in [0.05, 0.1) is 18.2 Å². The molecule has 0 radical (unpaired) electrons. The highest BCUT2D eigenvalue weighted by molar-refractivity contribution is 5.83. The molecule has 112 valence electrons. The molecular weight excluding hydrogens is 276 g/mol. The normalized spacial score (nSPS) is 10.8. The molecule has 0 spiro atoms. The predicted molar refractivity (Wildman–Crippen MR) is 87.5 cm³/mol. The largest absolute Gasteiger partial charge is 0.496 e. The maximum absolute atomic E-state index is 11.8. The molecule has 0 aliphatic heterocycles. The van der Waals surface area contributed by atoms with E-state index in [1.807, 2.05) is 36.4 Å². The standard InChI is InChI=1S/C18H18N2O2/c1-3-13-10-12(8-9-17(13)22-2)11-16-14-6-4-5-7-15(14)18(21)20-19-16/h4-10H,3,11H2,1-2H3,(H,20,21). The number of hydrogen-bond donors (Lipinski definition) is 1. The smallest absolute Gasteiger partial charge is 0.272 e. The molecule has 0 fully saturated rings. The zero-order valence-corrected chi connectivity index (χ0v) is 12.7. The molecule has 4 nitrogen and oxygen atoms in total. The van der Waals surface area contributed by atoms with E-state index < -0.39 is 0 Å². The number of aryl methyl sites for hydroxylation is 1. The third-order valence-electron chi connectivity index (χ3n) is 3.87. The minimum Gasteiger partial charge on any atom is -0.496 e. The Kier molecular flexibility index (Phi) is 3.92. The highest BCUT2D eigenvalue weighted by atomic mass is 16.5. The van der Waals surface area contributed by atoms with Crippen molar-refractivity contribution < 1.29 is 4.74 Å². The van der Waals surface area contributed by atoms with Gasteiger partial charge in [-0.2, -0.15) is 5.10 Å². The van der Waals surface area contributed by atoms with Gasteiger partial charge in [0.15, 0.2) is 0 Å². The van der Waals surface area contributed by atoms with Crippen LogP contribution >= 0.6 is 0 Å². The third-order valence-corrected chi connectivity index (χ3v) is 3.87. The van der Waals surface area contributed by atoms with Crippen molar-refractivity contribution in [2.75, 3.05) is 7.11 Å². The number of aromatic nitrogens is 2. The zero-order valence-electron chi connectivity index (χ0n) is 12.7. The summed E-state index contributed by atoms with van der Waals surface area (Å²) in [6.45, 7) is 2.11. The lowest BCUT2D eigenvalue weighted by molar-refractivity contribution is 0.410. The molecule has 4 heteroatoms. The second kappa shape index (κ2) is 6.02. The summed E-state index contributed by atoms with van der Waals surface area (Å²) in [6, 6.07) is 13.7. The minimum atomic E-state index is -0.150. The van der Waals surface area contributed by atoms with Crippen LogP contribution in [0.1, 0.15) is 23.7 Å². The number of hydrogen-bond acceptors (Lipinski definition) is 3. The molecule has 0 aliphatic rings. The van der Waals surface area contributed by atoms with Crippen LogP contribution in [0.2, 0.25) is 0 Å². The Morgan fingerprint density at radius 2 is 1.91 bits per heavy atom. The highest BCUT2D eigenvalue weighted by Gasteiger charge is 2.08. The van der Waals surface area contributed by atoms with E-state index in [2.05, 4.69) is 23.2 Å². The Hall–Kier alpha value is -2.62. The Morgan fingerprint density at radius 1 is 1.14 bits per heavy atom. The maximum atomic E-state index is 11.8. The number of nitrogens with zero attached hydrogens (tertiary/aromatic N) is 1. The van der Waals surface area contributed by atoms with Crippen LogP contribution in [-0.2, 0) is 12.8 Å². The van der Waals surface area contributed by atoms with Crippen molar-refractivity contribution in [2.24, 2.45) is 0 Å². The van der Waals surface area contributed by atoms with E-state index in [1.54, 1.807) is 7.11 Å². The van der Waals surface area contributed by atoms with Gasteiger partial charge >= 0.3 is 0 Å². The maximum Gasteiger partial charge on any atom is 0.272 e. The number of benzene rings is 2. The number of methoxy groups -OCH3 is 1. The zero-order chi connectivity index (χ0) is 15.5. The van der Waals surface area contributed by atoms with Gasteiger partial charge < -0.3 is 4.74 Å². The number of rotatable bonds is 4. The number of aromatic amines is 1. The second-order valence-electron chi connectivity index (χ2n) is 5.22. The average molecular weight is 294 g/mol. The van der Waals surface area contributed by atoms with Crippen LogP contribution in [0.25, 0.3) is 10.8 Å². The Bertz CT molecular complexity index is 868. The first kappa shape index (κ1) is 14.3. The van der Waals surface area contributed by atoms with Gasteiger partial charge in [-0.05, 0) is 29.7 Å². The van der Waals surface area contributed by atoms with Crippen LogP contribution < -0.4 is 10.3 Å². The quantitative estimate of drug-likeness (QED) is 0.804. The van der Waals surface area contributed by atoms with Gasteiger partial charge in [-0.25, -0.2) is 5.10 Å². The van der Waals surface area contributed by atoms with E-state index in [0.717, 1.165) is 28.8 Å². The molecule has 1 heterocycles. The Morgan fingerprint density at radius 3 is 2.64 bits per heavy atom. The molecule has 3 rings (SSSR count). The fraction of sp³-hybridized carbons (Fsp3) is 0.222. The van der Waals surface area contributed by atoms with Crippen LogP contribution in [0.15, 0.2) is 47.3 Å². The highest BCUT2D eigenvalue weighted by Crippen LogP contribution is 2.23. The van der Waals surface area contributed by atoms with E-state index in [4.69, 9.17) is 4.74 Å². The summed E-state index contributed by atoms with van der Waals surface area (Å²) in [5.74, 6) is 0.908. The van der Waals surface area contributed by atoms with Gasteiger partial charge in [0.2, 0.25) is 0 Å². The van der Waals surface area contributed by atoms with Crippen LogP contribution in [0.4, 0.5) is 0 Å². The van der Waals surface area contributed by atoms with Gasteiger partial charge in [0.1, 0.15) is 5.75 Å². The van der Waals surface area contributed by atoms with Gasteiger partial charge in [0.25, 0.3) is 5.56 Å². The van der Waals surface area contributed by atoms with Crippen molar-refractivity contribution in [2.45, 2.75) is 19.8 Å². The summed E-state index contributed by atoms with van der Waals surface area (Å²) in [5.41, 5.74) is 3.06. The first-order valence-electron chi connectivity index (χ1n) is 7.35. The first-order chi connectivity index (χ1) is 10.7. The predicted octanol–water partition coefficient (Wildman–Crippen LogP) is 3.08. The molecule has 0 amide bonds. The third kappa shape index (κ3) is 2.60. The van der Waals surface area contributed by atoms with Crippen LogP contribution in [0.5, 0.6) is 5.75 Å². The molecular formula is C18H18N2O2. The topological polar surface area (TPSA) is 55.0 Å². The van der Waals surface area contributed by atoms with Crippen molar-refractivity contribution in [3.8, 4) is 5.75 Å². The number of nitrogens with one attached hydrogen (secondary N) is 1. The lowest BCUT2D eigenvalue weighted by Crippen LogP contribution is -2.11. The fourth-order valence-electron chi connectivity index (χ4n) is 2.72. The lowest BCUT2D eigenvalue weighted by Gasteiger charge is -2.10. The van der Waals surface area contributed by atoms with Crippen molar-refractivity contribution in [3.63, 3.8) is 0 Å². The molecule has 1 N–H and O–H groups in total. The average Bonchev–Trinajstić information content (AvgIpc) is 2.57. The van der Waals surface area contributed by atoms with Gasteiger partial charge in [-0.15, -0.1) is 0 Å². The summed E-state index contributed by atoms with van der Waals surface area (Å²) in [7, 11) is 1.69. The van der Waals surface area contributed by atoms with Crippen LogP contribution in [0.3, 0.4) is 0 Å². The molecule has 0 saturated carbocycles. The van der Waals surface area contributed by atoms with Crippen molar-refractivity contribution in [3.05, 3.63) is 69.6 Å². The lowest BCUT2D eigenvalue weighted by atomic mass is 10.0. The SMILES string of the molecule is CCc1cc(Cc2n[nH]c(=O)c3ccccc23)ccc1OC. The molecule has 2 aromatic carbocycles. The molecule has 0 saturated heterocycles. The number of fused-ring (bicyclic) bond motifs is 1. The van der Waals surface area contributed by atoms with Crippen LogP contribution in [0, 0.1) is 0 Å². The summed E-state index contributed by atoms with van der Waals surface area (Å²) in [4.78, 5) is 11.8. The molecule has 22 heavy (non-hydrogen) atoms. The van der Waals surface area contributed by atoms with Gasteiger partial charge in [0, 0.05) is 11.8 Å². The molecule has 0 atom stereocenters. The van der Waals surface area contributed by atoms with Crippen molar-refractivity contribution in [1.29, 1.82) is 0 Å². The summed E-state index contributed by atoms with van der Waals surface area (Å²) < 4.78 is 5.36. The number of ether oxygens (including phenoxy) is 1. The van der Waals surface area contributed by atoms with Crippen molar-refractivity contribution in [1.82, 2.24) is 10.2 Å². The fourth-order valence-corrected chi connectivity index (χ4v) is 2.72.